The minimum Gasteiger partial charge on any atom is -0.368 e. The quantitative estimate of drug-likeness (QED) is 0.852. The van der Waals surface area contributed by atoms with Crippen molar-refractivity contribution in [2.45, 2.75) is 11.8 Å². The fraction of sp³-hybridized carbons (Fsp3) is 0.222. The van der Waals surface area contributed by atoms with Gasteiger partial charge in [0.2, 0.25) is 5.91 Å². The van der Waals surface area contributed by atoms with E-state index in [2.05, 4.69) is 0 Å². The molecule has 1 rings (SSSR count). The molecule has 2 nitrogen and oxygen atoms in total. The Kier molecular flexibility index (Phi) is 4.53. The van der Waals surface area contributed by atoms with Crippen LogP contribution < -0.4 is 5.73 Å². The van der Waals surface area contributed by atoms with Crippen LogP contribution in [0.25, 0.3) is 0 Å². The third kappa shape index (κ3) is 3.42. The van der Waals surface area contributed by atoms with Gasteiger partial charge in [-0.25, -0.2) is 0 Å². The van der Waals surface area contributed by atoms with Gasteiger partial charge in [0.1, 0.15) is 5.38 Å². The smallest absolute Gasteiger partial charge is 0.235 e. The number of carbonyl (C=O) groups is 1. The predicted octanol–water partition coefficient (Wildman–Crippen LogP) is 3.28. The molecule has 0 heterocycles. The van der Waals surface area contributed by atoms with Crippen molar-refractivity contribution >= 4 is 52.3 Å². The van der Waals surface area contributed by atoms with Crippen molar-refractivity contribution in [2.24, 2.45) is 5.73 Å². The van der Waals surface area contributed by atoms with E-state index in [0.29, 0.717) is 20.6 Å². The van der Waals surface area contributed by atoms with E-state index in [1.165, 1.54) is 12.1 Å². The van der Waals surface area contributed by atoms with Crippen LogP contribution >= 0.6 is 46.4 Å². The van der Waals surface area contributed by atoms with Gasteiger partial charge in [-0.2, -0.15) is 0 Å². The lowest BCUT2D eigenvalue weighted by Crippen LogP contribution is -2.25. The molecule has 1 amide bonds. The second-order valence-electron chi connectivity index (χ2n) is 2.92. The average Bonchev–Trinajstić information content (AvgIpc) is 2.10. The molecule has 0 saturated heterocycles. The summed E-state index contributed by atoms with van der Waals surface area (Å²) >= 11 is 23.2. The van der Waals surface area contributed by atoms with E-state index in [0.717, 1.165) is 0 Å². The number of amides is 1. The maximum absolute atomic E-state index is 10.8. The number of primary amides is 1. The van der Waals surface area contributed by atoms with Crippen LogP contribution in [0, 0.1) is 0 Å². The van der Waals surface area contributed by atoms with Crippen LogP contribution in [-0.4, -0.2) is 11.3 Å². The highest BCUT2D eigenvalue weighted by atomic mass is 35.5. The van der Waals surface area contributed by atoms with E-state index >= 15 is 0 Å². The van der Waals surface area contributed by atoms with Gasteiger partial charge in [-0.15, -0.1) is 11.6 Å². The lowest BCUT2D eigenvalue weighted by Gasteiger charge is -2.09. The average molecular weight is 287 g/mol. The molecule has 6 heteroatoms. The molecule has 0 aliphatic carbocycles. The van der Waals surface area contributed by atoms with Gasteiger partial charge < -0.3 is 5.73 Å². The number of rotatable bonds is 3. The van der Waals surface area contributed by atoms with Gasteiger partial charge in [0, 0.05) is 21.5 Å². The molecule has 0 saturated carbocycles. The molecule has 15 heavy (non-hydrogen) atoms. The minimum atomic E-state index is -0.832. The first-order chi connectivity index (χ1) is 6.91. The second kappa shape index (κ2) is 5.26. The van der Waals surface area contributed by atoms with Crippen molar-refractivity contribution < 1.29 is 4.79 Å². The van der Waals surface area contributed by atoms with Crippen molar-refractivity contribution in [3.63, 3.8) is 0 Å². The van der Waals surface area contributed by atoms with Crippen molar-refractivity contribution in [3.8, 4) is 0 Å². The number of alkyl halides is 1. The Labute approximate surface area is 107 Å². The molecule has 2 N–H and O–H groups in total. The van der Waals surface area contributed by atoms with E-state index in [1.54, 1.807) is 0 Å². The van der Waals surface area contributed by atoms with Gasteiger partial charge in [-0.05, 0) is 17.7 Å². The van der Waals surface area contributed by atoms with Gasteiger partial charge in [0.05, 0.1) is 0 Å². The predicted molar refractivity (Wildman–Crippen MR) is 64.0 cm³/mol. The lowest BCUT2D eigenvalue weighted by molar-refractivity contribution is -0.117. The van der Waals surface area contributed by atoms with Crippen molar-refractivity contribution in [1.82, 2.24) is 0 Å². The summed E-state index contributed by atoms with van der Waals surface area (Å²) < 4.78 is 0. The number of hydrogen-bond acceptors (Lipinski definition) is 1. The Morgan fingerprint density at radius 1 is 1.27 bits per heavy atom. The summed E-state index contributed by atoms with van der Waals surface area (Å²) in [5.41, 5.74) is 5.60. The molecule has 82 valence electrons. The van der Waals surface area contributed by atoms with E-state index < -0.39 is 11.3 Å². The van der Waals surface area contributed by atoms with E-state index in [4.69, 9.17) is 52.1 Å². The van der Waals surface area contributed by atoms with Crippen molar-refractivity contribution in [2.75, 3.05) is 0 Å². The first kappa shape index (κ1) is 12.9. The van der Waals surface area contributed by atoms with Gasteiger partial charge in [-0.3, -0.25) is 4.79 Å². The van der Waals surface area contributed by atoms with Crippen LogP contribution in [0.15, 0.2) is 12.1 Å². The highest BCUT2D eigenvalue weighted by Crippen LogP contribution is 2.30. The highest BCUT2D eigenvalue weighted by Gasteiger charge is 2.16. The van der Waals surface area contributed by atoms with E-state index in [9.17, 15) is 4.79 Å². The number of benzene rings is 1. The Bertz CT molecular complexity index is 371. The third-order valence-electron chi connectivity index (χ3n) is 1.80. The molecule has 0 radical (unpaired) electrons. The molecule has 1 atom stereocenters. The Balaban J connectivity index is 3.00. The fourth-order valence-electron chi connectivity index (χ4n) is 1.05. The summed E-state index contributed by atoms with van der Waals surface area (Å²) in [7, 11) is 0. The molecule has 0 aromatic heterocycles. The molecule has 1 aromatic carbocycles. The number of carbonyl (C=O) groups excluding carboxylic acids is 1. The van der Waals surface area contributed by atoms with E-state index in [1.807, 2.05) is 0 Å². The Hall–Kier alpha value is -0.150. The largest absolute Gasteiger partial charge is 0.368 e. The van der Waals surface area contributed by atoms with E-state index in [-0.39, 0.29) is 6.42 Å². The third-order valence-corrected chi connectivity index (χ3v) is 3.06. The van der Waals surface area contributed by atoms with Crippen LogP contribution in [-0.2, 0) is 11.2 Å². The van der Waals surface area contributed by atoms with Crippen LogP contribution in [0.5, 0.6) is 0 Å². The minimum absolute atomic E-state index is 0.186. The second-order valence-corrected chi connectivity index (χ2v) is 4.70. The number of nitrogens with two attached hydrogens (primary N) is 1. The Morgan fingerprint density at radius 2 is 1.73 bits per heavy atom. The van der Waals surface area contributed by atoms with Gasteiger partial charge in [-0.1, -0.05) is 34.8 Å². The fourth-order valence-corrected chi connectivity index (χ4v) is 2.17. The first-order valence-electron chi connectivity index (χ1n) is 3.98. The summed E-state index contributed by atoms with van der Waals surface area (Å²) in [6, 6.07) is 3.07. The first-order valence-corrected chi connectivity index (χ1v) is 5.55. The Morgan fingerprint density at radius 3 is 2.13 bits per heavy atom. The molecular formula is C9H7Cl4NO. The molecular weight excluding hydrogens is 280 g/mol. The number of hydrogen-bond donors (Lipinski definition) is 1. The van der Waals surface area contributed by atoms with Gasteiger partial charge in [0.25, 0.3) is 0 Å². The molecule has 1 aromatic rings. The topological polar surface area (TPSA) is 43.1 Å². The molecule has 0 bridgehead atoms. The van der Waals surface area contributed by atoms with Crippen LogP contribution in [0.1, 0.15) is 5.56 Å². The summed E-state index contributed by atoms with van der Waals surface area (Å²) in [5.74, 6) is -0.612. The van der Waals surface area contributed by atoms with Crippen molar-refractivity contribution in [1.29, 1.82) is 0 Å². The maximum Gasteiger partial charge on any atom is 0.235 e. The van der Waals surface area contributed by atoms with Crippen molar-refractivity contribution in [3.05, 3.63) is 32.8 Å². The summed E-state index contributed by atoms with van der Waals surface area (Å²) in [4.78, 5) is 10.8. The van der Waals surface area contributed by atoms with Crippen LogP contribution in [0.4, 0.5) is 0 Å². The molecule has 0 aliphatic rings. The normalized spacial score (nSPS) is 12.5. The zero-order valence-electron chi connectivity index (χ0n) is 7.44. The molecule has 1 unspecified atom stereocenters. The monoisotopic (exact) mass is 285 g/mol. The van der Waals surface area contributed by atoms with Crippen LogP contribution in [0.3, 0.4) is 0 Å². The van der Waals surface area contributed by atoms with Gasteiger partial charge >= 0.3 is 0 Å². The summed E-state index contributed by atoms with van der Waals surface area (Å²) in [6.07, 6.45) is 0.186. The van der Waals surface area contributed by atoms with Gasteiger partial charge in [0.15, 0.2) is 0 Å². The molecule has 0 spiro atoms. The number of halogens is 4. The summed E-state index contributed by atoms with van der Waals surface area (Å²) in [5, 5.41) is 0.346. The molecule has 0 aliphatic heterocycles. The zero-order valence-corrected chi connectivity index (χ0v) is 10.5. The lowest BCUT2D eigenvalue weighted by atomic mass is 10.1. The standard InChI is InChI=1S/C9H7Cl4NO/c10-4-1-6(11)5(7(12)2-4)3-8(13)9(14)15/h1-2,8H,3H2,(H2,14,15). The van der Waals surface area contributed by atoms with Crippen LogP contribution in [0.2, 0.25) is 15.1 Å². The highest BCUT2D eigenvalue weighted by molar-refractivity contribution is 6.39. The SMILES string of the molecule is NC(=O)C(Cl)Cc1c(Cl)cc(Cl)cc1Cl. The zero-order chi connectivity index (χ0) is 11.6. The maximum atomic E-state index is 10.8. The molecule has 0 fully saturated rings. The summed E-state index contributed by atoms with van der Waals surface area (Å²) in [6.45, 7) is 0.